The number of nitrogens with zero attached hydrogens (tertiary/aromatic N) is 4. The number of hydrogen-bond acceptors (Lipinski definition) is 4. The molecule has 26 heavy (non-hydrogen) atoms. The molecule has 0 bridgehead atoms. The van der Waals surface area contributed by atoms with E-state index in [9.17, 15) is 5.26 Å². The van der Waals surface area contributed by atoms with Gasteiger partial charge in [0, 0.05) is 0 Å². The Hall–Kier alpha value is -1.29. The van der Waals surface area contributed by atoms with Gasteiger partial charge in [0.2, 0.25) is 0 Å². The normalized spacial score (nSPS) is 20.8. The molecule has 2 aliphatic rings. The van der Waals surface area contributed by atoms with Crippen LogP contribution in [0.5, 0.6) is 0 Å². The molecule has 1 aliphatic heterocycles. The summed E-state index contributed by atoms with van der Waals surface area (Å²) >= 11 is -2.15. The fraction of sp³-hybridized carbons (Fsp3) is 0.550. The van der Waals surface area contributed by atoms with Crippen molar-refractivity contribution in [3.63, 3.8) is 0 Å². The van der Waals surface area contributed by atoms with Gasteiger partial charge in [0.25, 0.3) is 0 Å². The van der Waals surface area contributed by atoms with Crippen molar-refractivity contribution in [3.05, 3.63) is 24.3 Å². The summed E-state index contributed by atoms with van der Waals surface area (Å²) in [6.07, 6.45) is 4.91. The molecule has 1 atom stereocenters. The molecule has 4 nitrogen and oxygen atoms in total. The van der Waals surface area contributed by atoms with Gasteiger partial charge in [-0.2, -0.15) is 0 Å². The Labute approximate surface area is 161 Å². The standard InChI is InChI=1S/C17H18BN4.3CH3.Sn/c19-12-18(13-3-1-4-13)14-8-10-22(11-14)17-7-6-15-16(21-17)5-2-9-20-15;;;;/h2,5-7,13-14H,1,3-4,8,10-11H2;3*1H3;. The van der Waals surface area contributed by atoms with Crippen molar-refractivity contribution in [1.82, 2.24) is 9.97 Å². The third-order valence-corrected chi connectivity index (χ3v) is 11.3. The molecule has 0 aromatic carbocycles. The van der Waals surface area contributed by atoms with Gasteiger partial charge in [0.15, 0.2) is 0 Å². The summed E-state index contributed by atoms with van der Waals surface area (Å²) in [4.78, 5) is 19.3. The van der Waals surface area contributed by atoms with Gasteiger partial charge in [-0.25, -0.2) is 0 Å². The van der Waals surface area contributed by atoms with Crippen molar-refractivity contribution in [2.75, 3.05) is 18.0 Å². The van der Waals surface area contributed by atoms with Crippen LogP contribution in [0.2, 0.25) is 26.5 Å². The predicted octanol–water partition coefficient (Wildman–Crippen LogP) is 3.87. The van der Waals surface area contributed by atoms with Crippen molar-refractivity contribution in [2.45, 2.75) is 52.1 Å². The minimum absolute atomic E-state index is 0.234. The van der Waals surface area contributed by atoms with E-state index in [-0.39, 0.29) is 6.71 Å². The third kappa shape index (κ3) is 3.45. The first-order chi connectivity index (χ1) is 12.5. The van der Waals surface area contributed by atoms with Crippen LogP contribution in [0.1, 0.15) is 25.7 Å². The van der Waals surface area contributed by atoms with Crippen molar-refractivity contribution in [2.24, 2.45) is 0 Å². The first-order valence-corrected chi connectivity index (χ1v) is 19.9. The zero-order chi connectivity index (χ0) is 18.3. The molecule has 0 N–H and O–H groups in total. The van der Waals surface area contributed by atoms with Crippen molar-refractivity contribution in [3.8, 4) is 5.97 Å². The van der Waals surface area contributed by atoms with Crippen molar-refractivity contribution < 1.29 is 0 Å². The topological polar surface area (TPSA) is 52.8 Å². The second kappa shape index (κ2) is 7.03. The van der Waals surface area contributed by atoms with E-state index in [1.807, 2.05) is 0 Å². The van der Waals surface area contributed by atoms with Gasteiger partial charge in [-0.3, -0.25) is 0 Å². The van der Waals surface area contributed by atoms with Crippen LogP contribution < -0.4 is 8.61 Å². The quantitative estimate of drug-likeness (QED) is 0.661. The molecule has 2 aromatic rings. The summed E-state index contributed by atoms with van der Waals surface area (Å²) in [6.45, 7) is 2.22. The molecule has 2 fully saturated rings. The number of aromatic nitrogens is 2. The zero-order valence-electron chi connectivity index (χ0n) is 16.1. The maximum atomic E-state index is 9.62. The molecule has 2 aromatic heterocycles. The molecule has 1 unspecified atom stereocenters. The third-order valence-electron chi connectivity index (χ3n) is 6.16. The molecule has 1 aliphatic carbocycles. The summed E-state index contributed by atoms with van der Waals surface area (Å²) in [5.74, 6) is 4.80. The summed E-state index contributed by atoms with van der Waals surface area (Å²) < 4.78 is 1.31. The average molecular weight is 453 g/mol. The number of pyridine rings is 2. The van der Waals surface area contributed by atoms with Crippen molar-refractivity contribution >= 4 is 45.7 Å². The van der Waals surface area contributed by atoms with Gasteiger partial charge >= 0.3 is 155 Å². The van der Waals surface area contributed by atoms with Gasteiger partial charge in [0.1, 0.15) is 0 Å². The van der Waals surface area contributed by atoms with Crippen LogP contribution in [0.4, 0.5) is 5.82 Å². The molecule has 3 heterocycles. The fourth-order valence-corrected chi connectivity index (χ4v) is 7.24. The summed E-state index contributed by atoms with van der Waals surface area (Å²) in [7, 11) is 0. The van der Waals surface area contributed by atoms with Gasteiger partial charge in [0.05, 0.1) is 0 Å². The van der Waals surface area contributed by atoms with E-state index in [0.717, 1.165) is 36.4 Å². The van der Waals surface area contributed by atoms with Crippen LogP contribution in [0.3, 0.4) is 0 Å². The van der Waals surface area contributed by atoms with Crippen LogP contribution in [-0.4, -0.2) is 48.1 Å². The molecule has 1 saturated carbocycles. The van der Waals surface area contributed by atoms with E-state index in [1.165, 1.54) is 23.0 Å². The maximum absolute atomic E-state index is 9.62. The Kier molecular flexibility index (Phi) is 4.89. The molecular formula is C20H27BN4Sn. The second-order valence-electron chi connectivity index (χ2n) is 8.99. The Balaban J connectivity index is 1.53. The van der Waals surface area contributed by atoms with E-state index in [1.54, 1.807) is 0 Å². The van der Waals surface area contributed by atoms with Gasteiger partial charge in [-0.15, -0.1) is 0 Å². The predicted molar refractivity (Wildman–Crippen MR) is 112 cm³/mol. The van der Waals surface area contributed by atoms with Crippen molar-refractivity contribution in [1.29, 1.82) is 5.26 Å². The van der Waals surface area contributed by atoms with E-state index in [4.69, 9.17) is 9.97 Å². The minimum atomic E-state index is -2.15. The van der Waals surface area contributed by atoms with Crippen LogP contribution in [0, 0.1) is 11.2 Å². The molecular weight excluding hydrogens is 426 g/mol. The van der Waals surface area contributed by atoms with E-state index in [0.29, 0.717) is 11.6 Å². The average Bonchev–Trinajstić information content (AvgIpc) is 3.05. The molecule has 0 spiro atoms. The van der Waals surface area contributed by atoms with E-state index < -0.39 is 18.4 Å². The van der Waals surface area contributed by atoms with Crippen LogP contribution in [-0.2, 0) is 0 Å². The number of fused-ring (bicyclic) bond motifs is 1. The summed E-state index contributed by atoms with van der Waals surface area (Å²) in [5.41, 5.74) is 2.00. The monoisotopic (exact) mass is 454 g/mol. The first kappa shape index (κ1) is 18.1. The van der Waals surface area contributed by atoms with Gasteiger partial charge in [-0.05, 0) is 0 Å². The molecule has 134 valence electrons. The van der Waals surface area contributed by atoms with Crippen LogP contribution in [0.25, 0.3) is 11.0 Å². The number of anilines is 1. The Bertz CT molecular complexity index is 853. The fourth-order valence-electron chi connectivity index (χ4n) is 4.28. The number of rotatable bonds is 4. The van der Waals surface area contributed by atoms with E-state index >= 15 is 0 Å². The molecule has 1 saturated heterocycles. The van der Waals surface area contributed by atoms with Gasteiger partial charge < -0.3 is 0 Å². The Morgan fingerprint density at radius 1 is 1.04 bits per heavy atom. The molecule has 6 heteroatoms. The van der Waals surface area contributed by atoms with Gasteiger partial charge in [-0.1, -0.05) is 6.42 Å². The number of hydrogen-bond donors (Lipinski definition) is 0. The first-order valence-electron chi connectivity index (χ1n) is 9.88. The second-order valence-corrected chi connectivity index (χ2v) is 23.3. The summed E-state index contributed by atoms with van der Waals surface area (Å²) in [5, 5.41) is 9.62. The Morgan fingerprint density at radius 2 is 1.77 bits per heavy atom. The molecule has 0 radical (unpaired) electrons. The summed E-state index contributed by atoms with van der Waals surface area (Å²) in [6, 6.07) is 8.57. The number of nitriles is 1. The molecule has 4 rings (SSSR count). The zero-order valence-corrected chi connectivity index (χ0v) is 18.9. The Morgan fingerprint density at radius 3 is 2.42 bits per heavy atom. The SMILES string of the molecule is [CH3][Sn]([CH3])([CH3])[c]1ccc2nc(N3CCC(B(C#N)C4CCC4)C3)ccc2n1. The molecule has 0 amide bonds. The van der Waals surface area contributed by atoms with Crippen LogP contribution in [0.15, 0.2) is 24.3 Å². The van der Waals surface area contributed by atoms with E-state index in [2.05, 4.69) is 50.0 Å². The van der Waals surface area contributed by atoms with Crippen LogP contribution >= 0.6 is 0 Å².